The average molecular weight is 498 g/mol. The number of halogens is 2. The van der Waals surface area contributed by atoms with Crippen molar-refractivity contribution in [2.45, 2.75) is 32.2 Å². The van der Waals surface area contributed by atoms with E-state index in [4.69, 9.17) is 47.4 Å². The van der Waals surface area contributed by atoms with Crippen LogP contribution in [0.1, 0.15) is 26.3 Å². The summed E-state index contributed by atoms with van der Waals surface area (Å²) in [5.41, 5.74) is 3.02. The number of methoxy groups -OCH3 is 2. The Morgan fingerprint density at radius 2 is 1.94 bits per heavy atom. The number of aliphatic imine (C=N–C) groups is 2. The summed E-state index contributed by atoms with van der Waals surface area (Å²) in [7, 11) is 3.12. The molecule has 2 unspecified atom stereocenters. The largest absolute Gasteiger partial charge is 0.495 e. The third-order valence-electron chi connectivity index (χ3n) is 5.34. The Labute approximate surface area is 204 Å². The van der Waals surface area contributed by atoms with E-state index in [1.165, 1.54) is 0 Å². The second-order valence-corrected chi connectivity index (χ2v) is 9.34. The van der Waals surface area contributed by atoms with Gasteiger partial charge < -0.3 is 19.1 Å². The molecule has 32 heavy (non-hydrogen) atoms. The monoisotopic (exact) mass is 497 g/mol. The lowest BCUT2D eigenvalue weighted by Crippen LogP contribution is -2.48. The number of ether oxygens (including phenoxy) is 3. The molecule has 1 saturated heterocycles. The molecular formula is C23H29Cl2N3O3S. The second kappa shape index (κ2) is 11.0. The number of hydrogen-bond donors (Lipinski definition) is 0. The highest BCUT2D eigenvalue weighted by molar-refractivity contribution is 7.99. The van der Waals surface area contributed by atoms with Crippen LogP contribution in [0.4, 0.5) is 0 Å². The molecule has 174 valence electrons. The number of morpholine rings is 1. The normalized spacial score (nSPS) is 22.6. The maximum Gasteiger partial charge on any atom is 0.155 e. The maximum atomic E-state index is 6.71. The molecule has 3 rings (SSSR count). The highest BCUT2D eigenvalue weighted by Crippen LogP contribution is 2.45. The van der Waals surface area contributed by atoms with Crippen LogP contribution in [0.15, 0.2) is 33.8 Å². The van der Waals surface area contributed by atoms with Crippen molar-refractivity contribution in [2.75, 3.05) is 40.2 Å². The molecule has 0 radical (unpaired) electrons. The van der Waals surface area contributed by atoms with Crippen molar-refractivity contribution in [3.05, 3.63) is 39.4 Å². The van der Waals surface area contributed by atoms with Gasteiger partial charge in [-0.3, -0.25) is 4.99 Å². The smallest absolute Gasteiger partial charge is 0.155 e. The lowest BCUT2D eigenvalue weighted by Gasteiger charge is -2.35. The molecule has 2 heterocycles. The summed E-state index contributed by atoms with van der Waals surface area (Å²) in [6.07, 6.45) is 6.14. The molecule has 2 aliphatic rings. The zero-order chi connectivity index (χ0) is 23.4. The molecule has 0 bridgehead atoms. The third-order valence-corrected chi connectivity index (χ3v) is 6.88. The SMILES string of the molecule is C/C=C1/C=C(c2c(Cl)c(OC)cc(OC)c2Cl)N=C(N2CCOC(C)C2)/C1=N/C(C)SC. The molecular weight excluding hydrogens is 469 g/mol. The predicted octanol–water partition coefficient (Wildman–Crippen LogP) is 5.58. The van der Waals surface area contributed by atoms with Crippen molar-refractivity contribution < 1.29 is 14.2 Å². The molecule has 2 aliphatic heterocycles. The van der Waals surface area contributed by atoms with Gasteiger partial charge in [-0.05, 0) is 33.1 Å². The van der Waals surface area contributed by atoms with Gasteiger partial charge in [0.15, 0.2) is 5.84 Å². The van der Waals surface area contributed by atoms with Crippen molar-refractivity contribution >= 4 is 52.2 Å². The number of amidine groups is 1. The molecule has 0 aromatic heterocycles. The van der Waals surface area contributed by atoms with Crippen molar-refractivity contribution in [3.63, 3.8) is 0 Å². The number of allylic oxidation sites excluding steroid dienone is 2. The summed E-state index contributed by atoms with van der Waals surface area (Å²) in [5, 5.41) is 0.857. The highest BCUT2D eigenvalue weighted by Gasteiger charge is 2.30. The topological polar surface area (TPSA) is 55.7 Å². The summed E-state index contributed by atoms with van der Waals surface area (Å²) in [6, 6.07) is 1.68. The first kappa shape index (κ1) is 25.0. The number of benzene rings is 1. The first-order valence-electron chi connectivity index (χ1n) is 10.4. The number of thioether (sulfide) groups is 1. The fourth-order valence-corrected chi connectivity index (χ4v) is 4.51. The van der Waals surface area contributed by atoms with E-state index >= 15 is 0 Å². The predicted molar refractivity (Wildman–Crippen MR) is 136 cm³/mol. The summed E-state index contributed by atoms with van der Waals surface area (Å²) < 4.78 is 16.7. The molecule has 9 heteroatoms. The molecule has 1 aromatic rings. The van der Waals surface area contributed by atoms with Gasteiger partial charge in [-0.25, -0.2) is 4.99 Å². The van der Waals surface area contributed by atoms with E-state index < -0.39 is 0 Å². The van der Waals surface area contributed by atoms with E-state index in [0.717, 1.165) is 30.2 Å². The number of hydrogen-bond acceptors (Lipinski definition) is 7. The standard InChI is InChI=1S/C23H29Cl2N3O3S/c1-7-15-10-16(19-20(24)17(29-4)11-18(30-5)21(19)25)27-23(22(15)26-14(3)32-6)28-8-9-31-13(2)12-28/h7,10-11,13-14H,8-9,12H2,1-6H3/b15-7-,26-22+. The van der Waals surface area contributed by atoms with Crippen molar-refractivity contribution in [2.24, 2.45) is 9.98 Å². The molecule has 1 aromatic carbocycles. The highest BCUT2D eigenvalue weighted by atomic mass is 35.5. The Kier molecular flexibility index (Phi) is 8.55. The lowest BCUT2D eigenvalue weighted by atomic mass is 9.99. The number of nitrogens with zero attached hydrogens (tertiary/aromatic N) is 3. The Balaban J connectivity index is 2.23. The molecule has 2 atom stereocenters. The summed E-state index contributed by atoms with van der Waals surface area (Å²) >= 11 is 15.1. The lowest BCUT2D eigenvalue weighted by molar-refractivity contribution is 0.00644. The van der Waals surface area contributed by atoms with Crippen molar-refractivity contribution in [1.29, 1.82) is 0 Å². The van der Waals surface area contributed by atoms with Crippen LogP contribution in [0.2, 0.25) is 10.0 Å². The van der Waals surface area contributed by atoms with E-state index in [9.17, 15) is 0 Å². The van der Waals surface area contributed by atoms with Crippen LogP contribution in [-0.2, 0) is 4.74 Å². The fraction of sp³-hybridized carbons (Fsp3) is 0.478. The third kappa shape index (κ3) is 5.11. The van der Waals surface area contributed by atoms with E-state index in [2.05, 4.69) is 18.7 Å². The molecule has 0 aliphatic carbocycles. The Morgan fingerprint density at radius 3 is 2.47 bits per heavy atom. The molecule has 6 nitrogen and oxygen atoms in total. The molecule has 0 spiro atoms. The minimum absolute atomic E-state index is 0.0858. The average Bonchev–Trinajstić information content (AvgIpc) is 2.79. The minimum atomic E-state index is 0.0858. The first-order chi connectivity index (χ1) is 15.3. The van der Waals surface area contributed by atoms with Gasteiger partial charge in [-0.1, -0.05) is 29.3 Å². The van der Waals surface area contributed by atoms with Gasteiger partial charge in [-0.15, -0.1) is 11.8 Å². The summed E-state index contributed by atoms with van der Waals surface area (Å²) in [5.74, 6) is 1.73. The van der Waals surface area contributed by atoms with Gasteiger partial charge in [0, 0.05) is 30.3 Å². The van der Waals surface area contributed by atoms with Crippen molar-refractivity contribution in [3.8, 4) is 11.5 Å². The summed E-state index contributed by atoms with van der Waals surface area (Å²) in [6.45, 7) is 8.20. The maximum absolute atomic E-state index is 6.71. The number of rotatable bonds is 5. The van der Waals surface area contributed by atoms with E-state index in [1.807, 2.05) is 25.3 Å². The molecule has 1 fully saturated rings. The zero-order valence-corrected chi connectivity index (χ0v) is 21.6. The molecule has 0 amide bonds. The van der Waals surface area contributed by atoms with Crippen LogP contribution < -0.4 is 9.47 Å². The molecule has 0 N–H and O–H groups in total. The Hall–Kier alpha value is -1.67. The Morgan fingerprint density at radius 1 is 1.28 bits per heavy atom. The fourth-order valence-electron chi connectivity index (χ4n) is 3.60. The van der Waals surface area contributed by atoms with Crippen LogP contribution in [0.3, 0.4) is 0 Å². The van der Waals surface area contributed by atoms with Gasteiger partial charge in [-0.2, -0.15) is 0 Å². The first-order valence-corrected chi connectivity index (χ1v) is 12.4. The quantitative estimate of drug-likeness (QED) is 0.531. The van der Waals surface area contributed by atoms with Crippen LogP contribution in [0.25, 0.3) is 5.70 Å². The van der Waals surface area contributed by atoms with Crippen LogP contribution in [0, 0.1) is 0 Å². The minimum Gasteiger partial charge on any atom is -0.495 e. The molecule has 0 saturated carbocycles. The van der Waals surface area contributed by atoms with Gasteiger partial charge in [0.2, 0.25) is 0 Å². The van der Waals surface area contributed by atoms with Gasteiger partial charge >= 0.3 is 0 Å². The van der Waals surface area contributed by atoms with Crippen LogP contribution in [0.5, 0.6) is 11.5 Å². The van der Waals surface area contributed by atoms with Gasteiger partial charge in [0.05, 0.1) is 48.0 Å². The Bertz CT molecular complexity index is 963. The van der Waals surface area contributed by atoms with E-state index in [0.29, 0.717) is 39.4 Å². The summed E-state index contributed by atoms with van der Waals surface area (Å²) in [4.78, 5) is 12.2. The van der Waals surface area contributed by atoms with Crippen molar-refractivity contribution in [1.82, 2.24) is 4.90 Å². The van der Waals surface area contributed by atoms with Crippen LogP contribution in [-0.4, -0.2) is 68.1 Å². The van der Waals surface area contributed by atoms with Crippen LogP contribution >= 0.6 is 35.0 Å². The second-order valence-electron chi connectivity index (χ2n) is 7.43. The van der Waals surface area contributed by atoms with E-state index in [1.54, 1.807) is 32.0 Å². The van der Waals surface area contributed by atoms with Gasteiger partial charge in [0.25, 0.3) is 0 Å². The van der Waals surface area contributed by atoms with Gasteiger partial charge in [0.1, 0.15) is 17.2 Å². The zero-order valence-electron chi connectivity index (χ0n) is 19.2. The van der Waals surface area contributed by atoms with E-state index in [-0.39, 0.29) is 11.5 Å².